The summed E-state index contributed by atoms with van der Waals surface area (Å²) in [6.07, 6.45) is 4.80. The van der Waals surface area contributed by atoms with Gasteiger partial charge in [0.2, 0.25) is 0 Å². The third-order valence-corrected chi connectivity index (χ3v) is 2.20. The number of hydrogen-bond acceptors (Lipinski definition) is 3. The van der Waals surface area contributed by atoms with Crippen LogP contribution in [0.3, 0.4) is 0 Å². The fourth-order valence-electron chi connectivity index (χ4n) is 1.28. The highest BCUT2D eigenvalue weighted by atomic mass is 16.5. The summed E-state index contributed by atoms with van der Waals surface area (Å²) in [6.45, 7) is 4.78. The summed E-state index contributed by atoms with van der Waals surface area (Å²) in [6, 6.07) is 2.05. The number of nitrogens with zero attached hydrogens (tertiary/aromatic N) is 1. The van der Waals surface area contributed by atoms with Crippen LogP contribution in [0.15, 0.2) is 18.5 Å². The lowest BCUT2D eigenvalue weighted by Gasteiger charge is -2.05. The lowest BCUT2D eigenvalue weighted by Crippen LogP contribution is -2.21. The standard InChI is InChI=1S/C11H18N2O/c1-10-3-5-13-9-11(10)4-6-12-7-8-14-2/h3,5,9,12H,4,6-8H2,1-2H3. The van der Waals surface area contributed by atoms with Crippen LogP contribution in [0.5, 0.6) is 0 Å². The van der Waals surface area contributed by atoms with Crippen LogP contribution in [0.2, 0.25) is 0 Å². The van der Waals surface area contributed by atoms with E-state index in [-0.39, 0.29) is 0 Å². The Balaban J connectivity index is 2.21. The van der Waals surface area contributed by atoms with E-state index < -0.39 is 0 Å². The summed E-state index contributed by atoms with van der Waals surface area (Å²) >= 11 is 0. The molecule has 1 N–H and O–H groups in total. The summed E-state index contributed by atoms with van der Waals surface area (Å²) in [4.78, 5) is 4.11. The molecule has 0 radical (unpaired) electrons. The van der Waals surface area contributed by atoms with Crippen molar-refractivity contribution in [2.75, 3.05) is 26.8 Å². The number of methoxy groups -OCH3 is 1. The van der Waals surface area contributed by atoms with Crippen molar-refractivity contribution in [2.45, 2.75) is 13.3 Å². The number of aryl methyl sites for hydroxylation is 1. The maximum atomic E-state index is 4.94. The maximum absolute atomic E-state index is 4.94. The number of nitrogens with one attached hydrogen (secondary N) is 1. The van der Waals surface area contributed by atoms with Gasteiger partial charge in [0, 0.05) is 26.0 Å². The lowest BCUT2D eigenvalue weighted by atomic mass is 10.1. The van der Waals surface area contributed by atoms with Crippen LogP contribution in [0.4, 0.5) is 0 Å². The molecule has 0 aromatic carbocycles. The molecule has 1 aromatic heterocycles. The number of rotatable bonds is 6. The molecule has 1 rings (SSSR count). The molecule has 3 heteroatoms. The fourth-order valence-corrected chi connectivity index (χ4v) is 1.28. The average Bonchev–Trinajstić information content (AvgIpc) is 2.20. The molecule has 1 heterocycles. The monoisotopic (exact) mass is 194 g/mol. The van der Waals surface area contributed by atoms with Gasteiger partial charge in [-0.25, -0.2) is 0 Å². The highest BCUT2D eigenvalue weighted by Gasteiger charge is 1.96. The Bertz CT molecular complexity index is 263. The van der Waals surface area contributed by atoms with Crippen LogP contribution in [-0.2, 0) is 11.2 Å². The Morgan fingerprint density at radius 2 is 2.29 bits per heavy atom. The van der Waals surface area contributed by atoms with E-state index in [0.717, 1.165) is 26.1 Å². The zero-order chi connectivity index (χ0) is 10.2. The van der Waals surface area contributed by atoms with Crippen LogP contribution >= 0.6 is 0 Å². The molecule has 0 spiro atoms. The smallest absolute Gasteiger partial charge is 0.0587 e. The molecule has 0 aliphatic carbocycles. The van der Waals surface area contributed by atoms with Gasteiger partial charge in [-0.3, -0.25) is 4.98 Å². The Morgan fingerprint density at radius 1 is 1.43 bits per heavy atom. The highest BCUT2D eigenvalue weighted by molar-refractivity contribution is 5.21. The summed E-state index contributed by atoms with van der Waals surface area (Å²) in [7, 11) is 1.72. The molecule has 0 amide bonds. The second-order valence-corrected chi connectivity index (χ2v) is 3.29. The molecule has 0 aliphatic rings. The molecular formula is C11H18N2O. The minimum absolute atomic E-state index is 0.770. The first-order chi connectivity index (χ1) is 6.84. The van der Waals surface area contributed by atoms with Crippen LogP contribution in [0.1, 0.15) is 11.1 Å². The van der Waals surface area contributed by atoms with E-state index in [1.54, 1.807) is 7.11 Å². The Kier molecular flexibility index (Phi) is 5.19. The number of hydrogen-bond donors (Lipinski definition) is 1. The van der Waals surface area contributed by atoms with Gasteiger partial charge < -0.3 is 10.1 Å². The van der Waals surface area contributed by atoms with E-state index in [4.69, 9.17) is 4.74 Å². The van der Waals surface area contributed by atoms with Crippen molar-refractivity contribution in [1.82, 2.24) is 10.3 Å². The van der Waals surface area contributed by atoms with E-state index in [0.29, 0.717) is 0 Å². The molecule has 0 fully saturated rings. The van der Waals surface area contributed by atoms with Gasteiger partial charge in [0.05, 0.1) is 6.61 Å². The van der Waals surface area contributed by atoms with Crippen LogP contribution in [0, 0.1) is 6.92 Å². The molecule has 78 valence electrons. The van der Waals surface area contributed by atoms with Crippen molar-refractivity contribution >= 4 is 0 Å². The molecule has 3 nitrogen and oxygen atoms in total. The first kappa shape index (κ1) is 11.1. The summed E-state index contributed by atoms with van der Waals surface area (Å²) in [5, 5.41) is 3.31. The van der Waals surface area contributed by atoms with Crippen LogP contribution in [0.25, 0.3) is 0 Å². The molecule has 0 saturated carbocycles. The van der Waals surface area contributed by atoms with Gasteiger partial charge in [0.15, 0.2) is 0 Å². The van der Waals surface area contributed by atoms with E-state index in [9.17, 15) is 0 Å². The minimum Gasteiger partial charge on any atom is -0.383 e. The zero-order valence-corrected chi connectivity index (χ0v) is 8.92. The van der Waals surface area contributed by atoms with Gasteiger partial charge in [-0.2, -0.15) is 0 Å². The molecule has 0 saturated heterocycles. The molecular weight excluding hydrogens is 176 g/mol. The highest BCUT2D eigenvalue weighted by Crippen LogP contribution is 2.04. The Hall–Kier alpha value is -0.930. The predicted molar refractivity (Wildman–Crippen MR) is 57.4 cm³/mol. The molecule has 0 aliphatic heterocycles. The fraction of sp³-hybridized carbons (Fsp3) is 0.545. The maximum Gasteiger partial charge on any atom is 0.0587 e. The number of aromatic nitrogens is 1. The van der Waals surface area contributed by atoms with Gasteiger partial charge in [0.25, 0.3) is 0 Å². The first-order valence-electron chi connectivity index (χ1n) is 4.93. The molecule has 1 aromatic rings. The number of ether oxygens (including phenoxy) is 1. The quantitative estimate of drug-likeness (QED) is 0.690. The van der Waals surface area contributed by atoms with Gasteiger partial charge in [-0.15, -0.1) is 0 Å². The minimum atomic E-state index is 0.770. The molecule has 0 unspecified atom stereocenters. The van der Waals surface area contributed by atoms with E-state index in [1.165, 1.54) is 11.1 Å². The topological polar surface area (TPSA) is 34.1 Å². The normalized spacial score (nSPS) is 10.4. The van der Waals surface area contributed by atoms with Crippen molar-refractivity contribution in [1.29, 1.82) is 0 Å². The van der Waals surface area contributed by atoms with E-state index in [2.05, 4.69) is 17.2 Å². The Labute approximate surface area is 85.5 Å². The van der Waals surface area contributed by atoms with Crippen molar-refractivity contribution in [3.05, 3.63) is 29.6 Å². The second-order valence-electron chi connectivity index (χ2n) is 3.29. The largest absolute Gasteiger partial charge is 0.383 e. The zero-order valence-electron chi connectivity index (χ0n) is 8.92. The predicted octanol–water partition coefficient (Wildman–Crippen LogP) is 1.17. The van der Waals surface area contributed by atoms with Gasteiger partial charge in [-0.1, -0.05) is 0 Å². The van der Waals surface area contributed by atoms with Gasteiger partial charge in [0.1, 0.15) is 0 Å². The SMILES string of the molecule is COCCNCCc1cnccc1C. The van der Waals surface area contributed by atoms with Crippen LogP contribution < -0.4 is 5.32 Å². The summed E-state index contributed by atoms with van der Waals surface area (Å²) < 4.78 is 4.94. The van der Waals surface area contributed by atoms with Crippen molar-refractivity contribution in [2.24, 2.45) is 0 Å². The summed E-state index contributed by atoms with van der Waals surface area (Å²) in [5.41, 5.74) is 2.63. The first-order valence-corrected chi connectivity index (χ1v) is 4.93. The summed E-state index contributed by atoms with van der Waals surface area (Å²) in [5.74, 6) is 0. The Morgan fingerprint density at radius 3 is 3.00 bits per heavy atom. The van der Waals surface area contributed by atoms with E-state index >= 15 is 0 Å². The number of pyridine rings is 1. The van der Waals surface area contributed by atoms with Gasteiger partial charge in [-0.05, 0) is 37.1 Å². The van der Waals surface area contributed by atoms with Crippen molar-refractivity contribution in [3.8, 4) is 0 Å². The molecule has 0 bridgehead atoms. The molecule has 14 heavy (non-hydrogen) atoms. The van der Waals surface area contributed by atoms with E-state index in [1.807, 2.05) is 18.5 Å². The van der Waals surface area contributed by atoms with Crippen LogP contribution in [-0.4, -0.2) is 31.8 Å². The third kappa shape index (κ3) is 3.85. The molecule has 0 atom stereocenters. The average molecular weight is 194 g/mol. The van der Waals surface area contributed by atoms with Crippen molar-refractivity contribution < 1.29 is 4.74 Å². The third-order valence-electron chi connectivity index (χ3n) is 2.20. The van der Waals surface area contributed by atoms with Gasteiger partial charge >= 0.3 is 0 Å². The van der Waals surface area contributed by atoms with Crippen molar-refractivity contribution in [3.63, 3.8) is 0 Å². The second kappa shape index (κ2) is 6.51. The lowest BCUT2D eigenvalue weighted by molar-refractivity contribution is 0.199.